The van der Waals surface area contributed by atoms with Gasteiger partial charge in [-0.3, -0.25) is 9.48 Å². The van der Waals surface area contributed by atoms with E-state index in [1.54, 1.807) is 42.9 Å². The van der Waals surface area contributed by atoms with Crippen LogP contribution in [0.2, 0.25) is 0 Å². The van der Waals surface area contributed by atoms with Crippen LogP contribution >= 0.6 is 11.8 Å². The smallest absolute Gasteiger partial charge is 0.291 e. The number of benzene rings is 1. The van der Waals surface area contributed by atoms with Crippen molar-refractivity contribution in [3.63, 3.8) is 0 Å². The maximum Gasteiger partial charge on any atom is 0.291 e. The van der Waals surface area contributed by atoms with Gasteiger partial charge in [-0.2, -0.15) is 13.9 Å². The third-order valence-electron chi connectivity index (χ3n) is 3.89. The Labute approximate surface area is 147 Å². The van der Waals surface area contributed by atoms with Gasteiger partial charge in [-0.1, -0.05) is 12.1 Å². The Bertz CT molecular complexity index is 934. The largest absolute Gasteiger partial charge is 0.321 e. The van der Waals surface area contributed by atoms with Gasteiger partial charge in [0.25, 0.3) is 5.76 Å². The number of anilines is 1. The van der Waals surface area contributed by atoms with Gasteiger partial charge in [0.05, 0.1) is 28.1 Å². The minimum absolute atomic E-state index is 0.108. The Morgan fingerprint density at radius 3 is 2.68 bits per heavy atom. The summed E-state index contributed by atoms with van der Waals surface area (Å²) in [6, 6.07) is 7.05. The number of nitrogens with zero attached hydrogens (tertiary/aromatic N) is 4. The predicted molar refractivity (Wildman–Crippen MR) is 92.9 cm³/mol. The van der Waals surface area contributed by atoms with E-state index in [2.05, 4.69) is 15.4 Å². The second kappa shape index (κ2) is 6.83. The highest BCUT2D eigenvalue weighted by Gasteiger charge is 2.19. The van der Waals surface area contributed by atoms with Gasteiger partial charge in [0.1, 0.15) is 6.54 Å². The molecule has 1 N–H and O–H groups in total. The number of fused-ring (bicyclic) bond motifs is 1. The first-order valence-corrected chi connectivity index (χ1v) is 8.45. The van der Waals surface area contributed by atoms with Crippen molar-refractivity contribution in [2.75, 3.05) is 5.32 Å². The van der Waals surface area contributed by atoms with Gasteiger partial charge in [0.2, 0.25) is 5.91 Å². The zero-order valence-electron chi connectivity index (χ0n) is 14.0. The third kappa shape index (κ3) is 3.51. The summed E-state index contributed by atoms with van der Waals surface area (Å²) in [6.07, 6.45) is 0. The number of aryl methyl sites for hydroxylation is 2. The first-order valence-electron chi connectivity index (χ1n) is 7.57. The summed E-state index contributed by atoms with van der Waals surface area (Å²) in [5.74, 6) is -2.93. The molecule has 0 bridgehead atoms. The molecule has 1 amide bonds. The Kier molecular flexibility index (Phi) is 4.76. The van der Waals surface area contributed by atoms with Crippen LogP contribution in [0.5, 0.6) is 0 Å². The number of halogens is 2. The summed E-state index contributed by atoms with van der Waals surface area (Å²) in [4.78, 5) is 16.7. The first-order chi connectivity index (χ1) is 11.9. The number of para-hydroxylation sites is 2. The molecule has 9 heteroatoms. The maximum atomic E-state index is 12.8. The minimum Gasteiger partial charge on any atom is -0.321 e. The summed E-state index contributed by atoms with van der Waals surface area (Å²) in [6.45, 7) is 3.54. The molecular formula is C16H17F2N5OS. The van der Waals surface area contributed by atoms with Crippen LogP contribution in [0.15, 0.2) is 29.4 Å². The second-order valence-electron chi connectivity index (χ2n) is 5.57. The second-order valence-corrected chi connectivity index (χ2v) is 6.52. The van der Waals surface area contributed by atoms with Crippen LogP contribution in [0.3, 0.4) is 0 Å². The fourth-order valence-corrected chi connectivity index (χ4v) is 3.25. The number of carbonyl (C=O) groups excluding carboxylic acids is 1. The lowest BCUT2D eigenvalue weighted by Crippen LogP contribution is -2.20. The molecule has 3 rings (SSSR count). The van der Waals surface area contributed by atoms with Crippen molar-refractivity contribution in [1.29, 1.82) is 0 Å². The van der Waals surface area contributed by atoms with Crippen molar-refractivity contribution in [3.8, 4) is 0 Å². The number of rotatable bonds is 5. The molecule has 0 fully saturated rings. The van der Waals surface area contributed by atoms with Gasteiger partial charge in [0, 0.05) is 7.05 Å². The number of thioether (sulfide) groups is 1. The molecule has 25 heavy (non-hydrogen) atoms. The molecule has 0 aliphatic rings. The molecule has 0 aliphatic carbocycles. The lowest BCUT2D eigenvalue weighted by atomic mass is 10.3. The molecule has 0 saturated carbocycles. The summed E-state index contributed by atoms with van der Waals surface area (Å²) in [5.41, 5.74) is 3.38. The maximum absolute atomic E-state index is 12.8. The molecule has 2 aromatic heterocycles. The van der Waals surface area contributed by atoms with E-state index in [1.165, 1.54) is 4.57 Å². The predicted octanol–water partition coefficient (Wildman–Crippen LogP) is 3.34. The van der Waals surface area contributed by atoms with Crippen molar-refractivity contribution in [1.82, 2.24) is 19.3 Å². The van der Waals surface area contributed by atoms with Crippen molar-refractivity contribution >= 4 is 34.4 Å². The molecule has 1 aromatic carbocycles. The summed E-state index contributed by atoms with van der Waals surface area (Å²) in [7, 11) is 1.79. The fraction of sp³-hybridized carbons (Fsp3) is 0.312. The van der Waals surface area contributed by atoms with Crippen molar-refractivity contribution in [2.45, 2.75) is 31.3 Å². The minimum atomic E-state index is -2.61. The number of hydrogen-bond donors (Lipinski definition) is 1. The Morgan fingerprint density at radius 2 is 2.04 bits per heavy atom. The molecule has 0 unspecified atom stereocenters. The molecule has 0 saturated heterocycles. The number of carbonyl (C=O) groups is 1. The standard InChI is InChI=1S/C16H17F2N5OS/c1-9-14(10(2)22(3)21-9)20-13(24)8-23-12-7-5-4-6-11(12)19-16(23)25-15(17)18/h4-7,15H,8H2,1-3H3,(H,20,24). The molecule has 0 spiro atoms. The zero-order chi connectivity index (χ0) is 18.1. The Hall–Kier alpha value is -2.42. The highest BCUT2D eigenvalue weighted by atomic mass is 32.2. The van der Waals surface area contributed by atoms with E-state index in [-0.39, 0.29) is 17.6 Å². The average Bonchev–Trinajstić information content (AvgIpc) is 2.99. The van der Waals surface area contributed by atoms with E-state index in [0.29, 0.717) is 34.2 Å². The van der Waals surface area contributed by atoms with Gasteiger partial charge < -0.3 is 9.88 Å². The Morgan fingerprint density at radius 1 is 1.32 bits per heavy atom. The lowest BCUT2D eigenvalue weighted by Gasteiger charge is -2.10. The van der Waals surface area contributed by atoms with Crippen LogP contribution in [0.25, 0.3) is 11.0 Å². The number of aromatic nitrogens is 4. The molecule has 0 aliphatic heterocycles. The van der Waals surface area contributed by atoms with Crippen LogP contribution in [0.4, 0.5) is 14.5 Å². The third-order valence-corrected chi connectivity index (χ3v) is 4.59. The summed E-state index contributed by atoms with van der Waals surface area (Å²) in [5, 5.41) is 7.18. The van der Waals surface area contributed by atoms with E-state index < -0.39 is 5.76 Å². The van der Waals surface area contributed by atoms with Gasteiger partial charge >= 0.3 is 0 Å². The Balaban J connectivity index is 1.90. The van der Waals surface area contributed by atoms with E-state index in [1.807, 2.05) is 6.92 Å². The van der Waals surface area contributed by atoms with Gasteiger partial charge in [-0.15, -0.1) is 0 Å². The SMILES string of the molecule is Cc1nn(C)c(C)c1NC(=O)Cn1c(SC(F)F)nc2ccccc21. The van der Waals surface area contributed by atoms with Crippen molar-refractivity contribution in [3.05, 3.63) is 35.7 Å². The zero-order valence-corrected chi connectivity index (χ0v) is 14.8. The molecule has 2 heterocycles. The van der Waals surface area contributed by atoms with Crippen LogP contribution in [0.1, 0.15) is 11.4 Å². The van der Waals surface area contributed by atoms with E-state index in [0.717, 1.165) is 5.69 Å². The highest BCUT2D eigenvalue weighted by Crippen LogP contribution is 2.28. The molecular weight excluding hydrogens is 348 g/mol. The number of amides is 1. The number of nitrogens with one attached hydrogen (secondary N) is 1. The first kappa shape index (κ1) is 17.4. The van der Waals surface area contributed by atoms with Crippen LogP contribution in [0, 0.1) is 13.8 Å². The topological polar surface area (TPSA) is 64.7 Å². The van der Waals surface area contributed by atoms with E-state index in [4.69, 9.17) is 0 Å². The van der Waals surface area contributed by atoms with Gasteiger partial charge in [-0.25, -0.2) is 4.98 Å². The van der Waals surface area contributed by atoms with Crippen molar-refractivity contribution < 1.29 is 13.6 Å². The van der Waals surface area contributed by atoms with Crippen LogP contribution in [-0.4, -0.2) is 31.0 Å². The molecule has 3 aromatic rings. The quantitative estimate of drug-likeness (QED) is 0.705. The van der Waals surface area contributed by atoms with Crippen molar-refractivity contribution in [2.24, 2.45) is 7.05 Å². The lowest BCUT2D eigenvalue weighted by molar-refractivity contribution is -0.116. The number of imidazole rings is 1. The number of alkyl halides is 2. The van der Waals surface area contributed by atoms with E-state index in [9.17, 15) is 13.6 Å². The molecule has 132 valence electrons. The molecule has 0 radical (unpaired) electrons. The molecule has 0 atom stereocenters. The number of hydrogen-bond acceptors (Lipinski definition) is 4. The van der Waals surface area contributed by atoms with E-state index >= 15 is 0 Å². The molecule has 6 nitrogen and oxygen atoms in total. The van der Waals surface area contributed by atoms with Crippen LogP contribution < -0.4 is 5.32 Å². The highest BCUT2D eigenvalue weighted by molar-refractivity contribution is 7.99. The summed E-state index contributed by atoms with van der Waals surface area (Å²) >= 11 is 0.332. The monoisotopic (exact) mass is 365 g/mol. The van der Waals surface area contributed by atoms with Gasteiger partial charge in [-0.05, 0) is 37.7 Å². The summed E-state index contributed by atoms with van der Waals surface area (Å²) < 4.78 is 28.8. The normalized spacial score (nSPS) is 11.4. The van der Waals surface area contributed by atoms with Crippen LogP contribution in [-0.2, 0) is 18.4 Å². The fourth-order valence-electron chi connectivity index (χ4n) is 2.65. The van der Waals surface area contributed by atoms with Gasteiger partial charge in [0.15, 0.2) is 5.16 Å². The average molecular weight is 365 g/mol.